The Morgan fingerprint density at radius 1 is 1.50 bits per heavy atom. The van der Waals surface area contributed by atoms with Gasteiger partial charge in [0.1, 0.15) is 0 Å². The van der Waals surface area contributed by atoms with Crippen molar-refractivity contribution < 1.29 is 0 Å². The van der Waals surface area contributed by atoms with Gasteiger partial charge < -0.3 is 0 Å². The zero-order valence-electron chi connectivity index (χ0n) is 4.11. The quantitative estimate of drug-likeness (QED) is 0.479. The molecule has 0 amide bonds. The van der Waals surface area contributed by atoms with Crippen LogP contribution in [0.25, 0.3) is 0 Å². The fraction of sp³-hybridized carbons (Fsp3) is 0.833. The van der Waals surface area contributed by atoms with Gasteiger partial charge in [0, 0.05) is 0 Å². The van der Waals surface area contributed by atoms with Crippen molar-refractivity contribution in [1.29, 1.82) is 0 Å². The molecule has 0 heterocycles. The Morgan fingerprint density at radius 3 is 2.33 bits per heavy atom. The monoisotopic (exact) mass is 83.1 g/mol. The van der Waals surface area contributed by atoms with Crippen LogP contribution in [-0.4, -0.2) is 0 Å². The van der Waals surface area contributed by atoms with Gasteiger partial charge in [-0.3, -0.25) is 0 Å². The number of hydrogen-bond acceptors (Lipinski definition) is 0. The molecule has 0 aromatic carbocycles. The molecule has 1 aliphatic rings. The van der Waals surface area contributed by atoms with Gasteiger partial charge in [0.05, 0.1) is 0 Å². The van der Waals surface area contributed by atoms with E-state index >= 15 is 0 Å². The average molecular weight is 83.2 g/mol. The summed E-state index contributed by atoms with van der Waals surface area (Å²) in [6.07, 6.45) is 5.48. The molecule has 0 aromatic rings. The first-order valence-corrected chi connectivity index (χ1v) is 2.72. The minimum Gasteiger partial charge on any atom is -0.0533 e. The maximum Gasteiger partial charge on any atom is -0.0414 e. The Kier molecular flexibility index (Phi) is 1.13. The molecule has 0 heteroatoms. The Bertz CT molecular complexity index is 35.3. The largest absolute Gasteiger partial charge is 0.0533 e. The number of rotatable bonds is 2. The third-order valence-corrected chi connectivity index (χ3v) is 1.31. The van der Waals surface area contributed by atoms with Crippen molar-refractivity contribution in [3.05, 3.63) is 6.92 Å². The molecule has 0 saturated heterocycles. The van der Waals surface area contributed by atoms with Crippen LogP contribution in [-0.2, 0) is 0 Å². The van der Waals surface area contributed by atoms with Gasteiger partial charge in [-0.1, -0.05) is 32.6 Å². The summed E-state index contributed by atoms with van der Waals surface area (Å²) in [4.78, 5) is 0. The zero-order chi connectivity index (χ0) is 4.41. The van der Waals surface area contributed by atoms with E-state index in [2.05, 4.69) is 6.92 Å². The van der Waals surface area contributed by atoms with Crippen LogP contribution < -0.4 is 0 Å². The van der Waals surface area contributed by atoms with Crippen LogP contribution in [0.2, 0.25) is 0 Å². The summed E-state index contributed by atoms with van der Waals surface area (Å²) in [5, 5.41) is 0. The van der Waals surface area contributed by atoms with Crippen LogP contribution in [0.1, 0.15) is 25.7 Å². The van der Waals surface area contributed by atoms with Crippen molar-refractivity contribution in [2.45, 2.75) is 25.7 Å². The van der Waals surface area contributed by atoms with Crippen LogP contribution in [0.4, 0.5) is 0 Å². The average Bonchev–Trinajstić information content (AvgIpc) is 2.21. The first-order valence-electron chi connectivity index (χ1n) is 2.72. The molecule has 1 radical (unpaired) electrons. The first-order chi connectivity index (χ1) is 2.93. The van der Waals surface area contributed by atoms with E-state index in [0.29, 0.717) is 0 Å². The molecule has 6 heavy (non-hydrogen) atoms. The molecule has 0 aromatic heterocycles. The summed E-state index contributed by atoms with van der Waals surface area (Å²) in [5.74, 6) is 1.09. The summed E-state index contributed by atoms with van der Waals surface area (Å²) in [7, 11) is 0. The summed E-state index contributed by atoms with van der Waals surface area (Å²) >= 11 is 0. The Labute approximate surface area is 39.6 Å². The van der Waals surface area contributed by atoms with E-state index in [1.165, 1.54) is 19.3 Å². The normalized spacial score (nSPS) is 21.5. The molecule has 0 nitrogen and oxygen atoms in total. The van der Waals surface area contributed by atoms with E-state index in [1.54, 1.807) is 0 Å². The van der Waals surface area contributed by atoms with Gasteiger partial charge in [0.2, 0.25) is 0 Å². The third-order valence-electron chi connectivity index (χ3n) is 1.31. The molecule has 1 fully saturated rings. The Balaban J connectivity index is 1.88. The predicted octanol–water partition coefficient (Wildman–Crippen LogP) is 2.01. The lowest BCUT2D eigenvalue weighted by Crippen LogP contribution is -1.68. The molecule has 0 aliphatic heterocycles. The minimum absolute atomic E-state index is 1.09. The standard InChI is InChI=1S/C6H11/c1-2-3-6-4-5-6/h6H,1-5H2. The summed E-state index contributed by atoms with van der Waals surface area (Å²) in [6.45, 7) is 3.77. The highest BCUT2D eigenvalue weighted by atomic mass is 14.2. The SMILES string of the molecule is [CH2]CCC1CC1. The Morgan fingerprint density at radius 2 is 2.17 bits per heavy atom. The van der Waals surface area contributed by atoms with Crippen LogP contribution in [0.3, 0.4) is 0 Å². The van der Waals surface area contributed by atoms with E-state index in [0.717, 1.165) is 12.3 Å². The molecular formula is C6H11. The fourth-order valence-corrected chi connectivity index (χ4v) is 0.695. The highest BCUT2D eigenvalue weighted by Gasteiger charge is 2.18. The lowest BCUT2D eigenvalue weighted by atomic mass is 10.2. The summed E-state index contributed by atoms with van der Waals surface area (Å²) in [5.41, 5.74) is 0. The van der Waals surface area contributed by atoms with E-state index in [1.807, 2.05) is 0 Å². The maximum absolute atomic E-state index is 3.77. The van der Waals surface area contributed by atoms with E-state index in [9.17, 15) is 0 Å². The van der Waals surface area contributed by atoms with Crippen molar-refractivity contribution in [1.82, 2.24) is 0 Å². The van der Waals surface area contributed by atoms with Crippen LogP contribution in [0.15, 0.2) is 0 Å². The van der Waals surface area contributed by atoms with Crippen LogP contribution in [0, 0.1) is 12.8 Å². The molecule has 1 aliphatic carbocycles. The second kappa shape index (κ2) is 1.63. The van der Waals surface area contributed by atoms with Crippen LogP contribution in [0.5, 0.6) is 0 Å². The molecule has 1 saturated carbocycles. The van der Waals surface area contributed by atoms with Gasteiger partial charge in [-0.25, -0.2) is 0 Å². The minimum atomic E-state index is 1.09. The lowest BCUT2D eigenvalue weighted by molar-refractivity contribution is 0.740. The summed E-state index contributed by atoms with van der Waals surface area (Å²) in [6, 6.07) is 0. The predicted molar refractivity (Wildman–Crippen MR) is 27.3 cm³/mol. The zero-order valence-corrected chi connectivity index (χ0v) is 4.11. The lowest BCUT2D eigenvalue weighted by Gasteiger charge is -1.82. The third kappa shape index (κ3) is 1.00. The van der Waals surface area contributed by atoms with Gasteiger partial charge in [-0.05, 0) is 5.92 Å². The molecular weight excluding hydrogens is 72.1 g/mol. The van der Waals surface area contributed by atoms with E-state index in [-0.39, 0.29) is 0 Å². The Hall–Kier alpha value is 0. The molecule has 0 atom stereocenters. The second-order valence-corrected chi connectivity index (χ2v) is 2.09. The van der Waals surface area contributed by atoms with Gasteiger partial charge in [0.25, 0.3) is 0 Å². The number of hydrogen-bond donors (Lipinski definition) is 0. The van der Waals surface area contributed by atoms with E-state index < -0.39 is 0 Å². The van der Waals surface area contributed by atoms with Gasteiger partial charge in [-0.2, -0.15) is 0 Å². The highest BCUT2D eigenvalue weighted by Crippen LogP contribution is 2.32. The highest BCUT2D eigenvalue weighted by molar-refractivity contribution is 4.72. The van der Waals surface area contributed by atoms with E-state index in [4.69, 9.17) is 0 Å². The molecule has 0 spiro atoms. The second-order valence-electron chi connectivity index (χ2n) is 2.09. The first kappa shape index (κ1) is 4.17. The molecule has 0 N–H and O–H groups in total. The van der Waals surface area contributed by atoms with Crippen molar-refractivity contribution in [2.75, 3.05) is 0 Å². The van der Waals surface area contributed by atoms with Gasteiger partial charge >= 0.3 is 0 Å². The van der Waals surface area contributed by atoms with Crippen molar-refractivity contribution in [3.8, 4) is 0 Å². The van der Waals surface area contributed by atoms with Crippen LogP contribution >= 0.6 is 0 Å². The summed E-state index contributed by atoms with van der Waals surface area (Å²) < 4.78 is 0. The molecule has 0 unspecified atom stereocenters. The molecule has 0 bridgehead atoms. The van der Waals surface area contributed by atoms with Crippen molar-refractivity contribution >= 4 is 0 Å². The van der Waals surface area contributed by atoms with Gasteiger partial charge in [-0.15, -0.1) is 0 Å². The molecule has 35 valence electrons. The molecule has 1 rings (SSSR count). The smallest absolute Gasteiger partial charge is 0.0414 e. The van der Waals surface area contributed by atoms with Crippen molar-refractivity contribution in [2.24, 2.45) is 5.92 Å². The van der Waals surface area contributed by atoms with Gasteiger partial charge in [0.15, 0.2) is 0 Å². The maximum atomic E-state index is 3.77. The topological polar surface area (TPSA) is 0 Å². The van der Waals surface area contributed by atoms with Crippen molar-refractivity contribution in [3.63, 3.8) is 0 Å². The fourth-order valence-electron chi connectivity index (χ4n) is 0.695.